The van der Waals surface area contributed by atoms with Crippen LogP contribution in [0.3, 0.4) is 0 Å². The van der Waals surface area contributed by atoms with Gasteiger partial charge in [-0.05, 0) is 42.7 Å². The molecule has 0 amide bonds. The smallest absolute Gasteiger partial charge is 0.0900 e. The van der Waals surface area contributed by atoms with Gasteiger partial charge in [0.25, 0.3) is 0 Å². The lowest BCUT2D eigenvalue weighted by Gasteiger charge is -2.17. The Morgan fingerprint density at radius 3 is 2.52 bits per heavy atom. The standard InChI is InChI=1S/C15H23BrN4S/c1-6-11-14(16)13(20(5)19-11)8-12(17-7-2)15-9(3)18-10(4)21-15/h12,17H,6-8H2,1-5H3. The van der Waals surface area contributed by atoms with Crippen LogP contribution in [0.5, 0.6) is 0 Å². The van der Waals surface area contributed by atoms with Gasteiger partial charge in [0.05, 0.1) is 26.6 Å². The molecule has 2 aromatic heterocycles. The number of thiazole rings is 1. The Labute approximate surface area is 139 Å². The van der Waals surface area contributed by atoms with Gasteiger partial charge in [-0.3, -0.25) is 4.68 Å². The molecule has 0 bridgehead atoms. The van der Waals surface area contributed by atoms with Crippen molar-refractivity contribution in [2.45, 2.75) is 46.6 Å². The van der Waals surface area contributed by atoms with Crippen LogP contribution in [0.2, 0.25) is 0 Å². The third kappa shape index (κ3) is 3.55. The first-order chi connectivity index (χ1) is 9.97. The summed E-state index contributed by atoms with van der Waals surface area (Å²) in [5, 5.41) is 9.31. The Hall–Kier alpha value is -0.720. The van der Waals surface area contributed by atoms with Crippen molar-refractivity contribution in [3.63, 3.8) is 0 Å². The third-order valence-corrected chi connectivity index (χ3v) is 5.71. The summed E-state index contributed by atoms with van der Waals surface area (Å²) in [6.07, 6.45) is 1.86. The van der Waals surface area contributed by atoms with Gasteiger partial charge in [-0.1, -0.05) is 13.8 Å². The molecular formula is C15H23BrN4S. The van der Waals surface area contributed by atoms with Gasteiger partial charge in [-0.15, -0.1) is 11.3 Å². The molecule has 0 radical (unpaired) electrons. The normalized spacial score (nSPS) is 12.9. The van der Waals surface area contributed by atoms with E-state index in [2.05, 4.69) is 59.0 Å². The van der Waals surface area contributed by atoms with Gasteiger partial charge in [0.1, 0.15) is 0 Å². The summed E-state index contributed by atoms with van der Waals surface area (Å²) in [7, 11) is 2.02. The molecule has 2 heterocycles. The first kappa shape index (κ1) is 16.6. The van der Waals surface area contributed by atoms with E-state index < -0.39 is 0 Å². The molecule has 0 aliphatic rings. The number of halogens is 1. The Morgan fingerprint density at radius 1 is 1.33 bits per heavy atom. The first-order valence-corrected chi connectivity index (χ1v) is 8.96. The molecule has 0 aliphatic carbocycles. The molecule has 1 N–H and O–H groups in total. The highest BCUT2D eigenvalue weighted by molar-refractivity contribution is 9.10. The average Bonchev–Trinajstić information content (AvgIpc) is 2.90. The van der Waals surface area contributed by atoms with Gasteiger partial charge in [0.15, 0.2) is 0 Å². The molecule has 21 heavy (non-hydrogen) atoms. The summed E-state index contributed by atoms with van der Waals surface area (Å²) in [4.78, 5) is 5.90. The summed E-state index contributed by atoms with van der Waals surface area (Å²) in [6, 6.07) is 0.289. The minimum absolute atomic E-state index is 0.289. The minimum Gasteiger partial charge on any atom is -0.309 e. The van der Waals surface area contributed by atoms with Crippen molar-refractivity contribution in [2.75, 3.05) is 6.54 Å². The van der Waals surface area contributed by atoms with Crippen LogP contribution in [0, 0.1) is 13.8 Å². The van der Waals surface area contributed by atoms with Crippen molar-refractivity contribution >= 4 is 27.3 Å². The van der Waals surface area contributed by atoms with E-state index in [-0.39, 0.29) is 6.04 Å². The molecule has 0 spiro atoms. The van der Waals surface area contributed by atoms with E-state index in [0.717, 1.165) is 40.3 Å². The highest BCUT2D eigenvalue weighted by Crippen LogP contribution is 2.31. The molecule has 0 saturated carbocycles. The molecule has 0 aliphatic heterocycles. The molecule has 1 atom stereocenters. The van der Waals surface area contributed by atoms with E-state index in [1.807, 2.05) is 11.7 Å². The van der Waals surface area contributed by atoms with Crippen LogP contribution in [0.15, 0.2) is 4.47 Å². The summed E-state index contributed by atoms with van der Waals surface area (Å²) in [5.74, 6) is 0. The average molecular weight is 371 g/mol. The van der Waals surface area contributed by atoms with E-state index in [1.165, 1.54) is 10.6 Å². The Morgan fingerprint density at radius 2 is 2.05 bits per heavy atom. The van der Waals surface area contributed by atoms with E-state index in [1.54, 1.807) is 11.3 Å². The number of nitrogens with zero attached hydrogens (tertiary/aromatic N) is 3. The Balaban J connectivity index is 2.33. The fraction of sp³-hybridized carbons (Fsp3) is 0.600. The van der Waals surface area contributed by atoms with Crippen LogP contribution in [0.25, 0.3) is 0 Å². The molecular weight excluding hydrogens is 348 g/mol. The zero-order valence-electron chi connectivity index (χ0n) is 13.3. The van der Waals surface area contributed by atoms with Crippen molar-refractivity contribution in [2.24, 2.45) is 7.05 Å². The monoisotopic (exact) mass is 370 g/mol. The predicted octanol–water partition coefficient (Wildman–Crippen LogP) is 3.71. The van der Waals surface area contributed by atoms with Crippen LogP contribution < -0.4 is 5.32 Å². The molecule has 4 nitrogen and oxygen atoms in total. The van der Waals surface area contributed by atoms with Crippen molar-refractivity contribution < 1.29 is 0 Å². The lowest BCUT2D eigenvalue weighted by atomic mass is 10.1. The number of nitrogens with one attached hydrogen (secondary N) is 1. The SMILES string of the molecule is CCNC(Cc1c(Br)c(CC)nn1C)c1sc(C)nc1C. The van der Waals surface area contributed by atoms with Crippen molar-refractivity contribution in [1.82, 2.24) is 20.1 Å². The van der Waals surface area contributed by atoms with E-state index in [4.69, 9.17) is 0 Å². The van der Waals surface area contributed by atoms with Gasteiger partial charge >= 0.3 is 0 Å². The second kappa shape index (κ2) is 7.03. The fourth-order valence-electron chi connectivity index (χ4n) is 2.61. The van der Waals surface area contributed by atoms with Crippen LogP contribution in [-0.4, -0.2) is 21.3 Å². The molecule has 0 saturated heterocycles. The maximum Gasteiger partial charge on any atom is 0.0900 e. The van der Waals surface area contributed by atoms with Crippen molar-refractivity contribution in [3.8, 4) is 0 Å². The van der Waals surface area contributed by atoms with Gasteiger partial charge in [0.2, 0.25) is 0 Å². The van der Waals surface area contributed by atoms with Gasteiger partial charge in [-0.2, -0.15) is 5.10 Å². The maximum absolute atomic E-state index is 4.59. The first-order valence-electron chi connectivity index (χ1n) is 7.35. The summed E-state index contributed by atoms with van der Waals surface area (Å²) >= 11 is 5.50. The van der Waals surface area contributed by atoms with Gasteiger partial charge in [0, 0.05) is 24.4 Å². The zero-order valence-corrected chi connectivity index (χ0v) is 15.7. The second-order valence-corrected chi connectivity index (χ2v) is 7.21. The molecule has 6 heteroatoms. The molecule has 2 aromatic rings. The number of likely N-dealkylation sites (N-methyl/N-ethyl adjacent to an activating group) is 1. The molecule has 116 valence electrons. The summed E-state index contributed by atoms with van der Waals surface area (Å²) in [6.45, 7) is 9.39. The summed E-state index contributed by atoms with van der Waals surface area (Å²) in [5.41, 5.74) is 3.50. The van der Waals surface area contributed by atoms with E-state index >= 15 is 0 Å². The predicted molar refractivity (Wildman–Crippen MR) is 92.0 cm³/mol. The van der Waals surface area contributed by atoms with Gasteiger partial charge < -0.3 is 5.32 Å². The van der Waals surface area contributed by atoms with E-state index in [9.17, 15) is 0 Å². The molecule has 2 rings (SSSR count). The molecule has 0 fully saturated rings. The largest absolute Gasteiger partial charge is 0.309 e. The van der Waals surface area contributed by atoms with Crippen LogP contribution in [0.4, 0.5) is 0 Å². The fourth-order valence-corrected chi connectivity index (χ4v) is 4.39. The van der Waals surface area contributed by atoms with Crippen LogP contribution >= 0.6 is 27.3 Å². The lowest BCUT2D eigenvalue weighted by Crippen LogP contribution is -2.24. The Kier molecular flexibility index (Phi) is 5.57. The van der Waals surface area contributed by atoms with Crippen molar-refractivity contribution in [1.29, 1.82) is 0 Å². The second-order valence-electron chi connectivity index (χ2n) is 5.18. The highest BCUT2D eigenvalue weighted by atomic mass is 79.9. The topological polar surface area (TPSA) is 42.7 Å². The highest BCUT2D eigenvalue weighted by Gasteiger charge is 2.21. The Bertz CT molecular complexity index is 617. The number of hydrogen-bond donors (Lipinski definition) is 1. The summed E-state index contributed by atoms with van der Waals surface area (Å²) < 4.78 is 3.14. The van der Waals surface area contributed by atoms with Crippen molar-refractivity contribution in [3.05, 3.63) is 31.4 Å². The minimum atomic E-state index is 0.289. The zero-order chi connectivity index (χ0) is 15.6. The van der Waals surface area contributed by atoms with Crippen LogP contribution in [0.1, 0.15) is 46.9 Å². The lowest BCUT2D eigenvalue weighted by molar-refractivity contribution is 0.532. The van der Waals surface area contributed by atoms with Crippen LogP contribution in [-0.2, 0) is 19.9 Å². The van der Waals surface area contributed by atoms with E-state index in [0.29, 0.717) is 0 Å². The molecule has 1 unspecified atom stereocenters. The maximum atomic E-state index is 4.59. The number of aromatic nitrogens is 3. The number of rotatable bonds is 6. The van der Waals surface area contributed by atoms with Gasteiger partial charge in [-0.25, -0.2) is 4.98 Å². The molecule has 0 aromatic carbocycles. The third-order valence-electron chi connectivity index (χ3n) is 3.61. The number of aryl methyl sites for hydroxylation is 4. The quantitative estimate of drug-likeness (QED) is 0.842. The number of hydrogen-bond acceptors (Lipinski definition) is 4.